The van der Waals surface area contributed by atoms with Gasteiger partial charge in [0.2, 0.25) is 0 Å². The molecule has 1 aromatic rings. The summed E-state index contributed by atoms with van der Waals surface area (Å²) in [4.78, 5) is 0. The maximum absolute atomic E-state index is 3.59. The normalized spacial score (nSPS) is 16.6. The van der Waals surface area contributed by atoms with E-state index in [1.165, 1.54) is 30.4 Å². The fraction of sp³-hybridized carbons (Fsp3) is 0.538. The Hall–Kier alpha value is -0.820. The molecule has 2 rings (SSSR count). The summed E-state index contributed by atoms with van der Waals surface area (Å²) in [6.07, 6.45) is 5.35. The van der Waals surface area contributed by atoms with E-state index in [1.807, 2.05) is 0 Å². The molecule has 0 heterocycles. The highest BCUT2D eigenvalue weighted by Gasteiger charge is 2.15. The smallest absolute Gasteiger partial charge is 0.00672 e. The van der Waals surface area contributed by atoms with Crippen LogP contribution in [0, 0.1) is 6.92 Å². The summed E-state index contributed by atoms with van der Waals surface area (Å²) in [7, 11) is 0. The fourth-order valence-corrected chi connectivity index (χ4v) is 1.90. The van der Waals surface area contributed by atoms with Gasteiger partial charge >= 0.3 is 0 Å². The van der Waals surface area contributed by atoms with Crippen LogP contribution in [0.5, 0.6) is 0 Å². The Kier molecular flexibility index (Phi) is 3.20. The van der Waals surface area contributed by atoms with E-state index in [0.29, 0.717) is 0 Å². The molecule has 1 fully saturated rings. The minimum absolute atomic E-state index is 0.819. The number of hydrogen-bond donors (Lipinski definition) is 1. The van der Waals surface area contributed by atoms with Crippen molar-refractivity contribution in [3.63, 3.8) is 0 Å². The van der Waals surface area contributed by atoms with Gasteiger partial charge in [0, 0.05) is 6.04 Å². The molecule has 0 bridgehead atoms. The summed E-state index contributed by atoms with van der Waals surface area (Å²) in [6.45, 7) is 3.29. The van der Waals surface area contributed by atoms with Crippen LogP contribution in [0.4, 0.5) is 0 Å². The lowest BCUT2D eigenvalue weighted by Gasteiger charge is -2.26. The molecule has 76 valence electrons. The Morgan fingerprint density at radius 2 is 2.21 bits per heavy atom. The Morgan fingerprint density at radius 3 is 2.86 bits per heavy atom. The van der Waals surface area contributed by atoms with Crippen molar-refractivity contribution in [3.05, 3.63) is 35.4 Å². The van der Waals surface area contributed by atoms with Crippen LogP contribution in [0.1, 0.15) is 30.4 Å². The molecule has 1 N–H and O–H groups in total. The van der Waals surface area contributed by atoms with E-state index in [-0.39, 0.29) is 0 Å². The Balaban J connectivity index is 1.74. The molecule has 1 aliphatic carbocycles. The lowest BCUT2D eigenvalue weighted by Crippen LogP contribution is -2.36. The van der Waals surface area contributed by atoms with Crippen molar-refractivity contribution in [2.24, 2.45) is 0 Å². The molecule has 0 unspecified atom stereocenters. The average Bonchev–Trinajstić information content (AvgIpc) is 2.09. The Bertz CT molecular complexity index is 289. The van der Waals surface area contributed by atoms with Crippen molar-refractivity contribution in [1.82, 2.24) is 5.32 Å². The molecule has 0 spiro atoms. The molecular formula is C13H19N. The van der Waals surface area contributed by atoms with Gasteiger partial charge in [-0.3, -0.25) is 0 Å². The second kappa shape index (κ2) is 4.61. The van der Waals surface area contributed by atoms with E-state index in [9.17, 15) is 0 Å². The van der Waals surface area contributed by atoms with Crippen LogP contribution < -0.4 is 5.32 Å². The predicted molar refractivity (Wildman–Crippen MR) is 60.5 cm³/mol. The molecule has 1 heteroatoms. The molecular weight excluding hydrogens is 170 g/mol. The van der Waals surface area contributed by atoms with Crippen LogP contribution in [0.15, 0.2) is 24.3 Å². The zero-order valence-corrected chi connectivity index (χ0v) is 8.92. The quantitative estimate of drug-likeness (QED) is 0.768. The van der Waals surface area contributed by atoms with E-state index < -0.39 is 0 Å². The van der Waals surface area contributed by atoms with Gasteiger partial charge in [0.25, 0.3) is 0 Å². The molecule has 0 aromatic heterocycles. The van der Waals surface area contributed by atoms with E-state index >= 15 is 0 Å². The first kappa shape index (κ1) is 9.72. The molecule has 0 atom stereocenters. The average molecular weight is 189 g/mol. The highest BCUT2D eigenvalue weighted by molar-refractivity contribution is 5.22. The molecule has 1 aliphatic rings. The van der Waals surface area contributed by atoms with Gasteiger partial charge in [-0.05, 0) is 38.3 Å². The van der Waals surface area contributed by atoms with Crippen LogP contribution in [0.3, 0.4) is 0 Å². The number of nitrogens with one attached hydrogen (secondary N) is 1. The minimum Gasteiger partial charge on any atom is -0.314 e. The van der Waals surface area contributed by atoms with E-state index in [4.69, 9.17) is 0 Å². The molecule has 0 aliphatic heterocycles. The topological polar surface area (TPSA) is 12.0 Å². The van der Waals surface area contributed by atoms with Gasteiger partial charge in [0.1, 0.15) is 0 Å². The minimum atomic E-state index is 0.819. The van der Waals surface area contributed by atoms with E-state index in [0.717, 1.165) is 19.0 Å². The van der Waals surface area contributed by atoms with Gasteiger partial charge < -0.3 is 5.32 Å². The zero-order valence-electron chi connectivity index (χ0n) is 8.92. The first-order valence-electron chi connectivity index (χ1n) is 5.63. The summed E-state index contributed by atoms with van der Waals surface area (Å²) in [5.74, 6) is 0. The van der Waals surface area contributed by atoms with Gasteiger partial charge in [-0.1, -0.05) is 36.2 Å². The van der Waals surface area contributed by atoms with Crippen molar-refractivity contribution in [2.45, 2.75) is 38.6 Å². The van der Waals surface area contributed by atoms with Crippen molar-refractivity contribution in [3.8, 4) is 0 Å². The van der Waals surface area contributed by atoms with Crippen molar-refractivity contribution in [2.75, 3.05) is 6.54 Å². The molecule has 1 saturated carbocycles. The van der Waals surface area contributed by atoms with E-state index in [2.05, 4.69) is 36.5 Å². The van der Waals surface area contributed by atoms with Gasteiger partial charge in [-0.2, -0.15) is 0 Å². The van der Waals surface area contributed by atoms with Crippen LogP contribution in [-0.2, 0) is 6.42 Å². The first-order valence-corrected chi connectivity index (χ1v) is 5.63. The number of benzene rings is 1. The van der Waals surface area contributed by atoms with Gasteiger partial charge in [0.15, 0.2) is 0 Å². The Labute approximate surface area is 86.5 Å². The zero-order chi connectivity index (χ0) is 9.80. The summed E-state index contributed by atoms with van der Waals surface area (Å²) >= 11 is 0. The maximum atomic E-state index is 3.59. The van der Waals surface area contributed by atoms with E-state index in [1.54, 1.807) is 0 Å². The summed E-state index contributed by atoms with van der Waals surface area (Å²) in [5, 5.41) is 3.59. The molecule has 0 amide bonds. The number of aryl methyl sites for hydroxylation is 1. The second-order valence-corrected chi connectivity index (χ2v) is 4.32. The van der Waals surface area contributed by atoms with Gasteiger partial charge in [-0.25, -0.2) is 0 Å². The lowest BCUT2D eigenvalue weighted by molar-refractivity contribution is 0.342. The monoisotopic (exact) mass is 189 g/mol. The standard InChI is InChI=1S/C13H19N/c1-11-4-2-5-12(10-11)8-9-14-13-6-3-7-13/h2,4-5,10,13-14H,3,6-9H2,1H3. The third-order valence-electron chi connectivity index (χ3n) is 3.03. The third-order valence-corrected chi connectivity index (χ3v) is 3.03. The summed E-state index contributed by atoms with van der Waals surface area (Å²) in [5.41, 5.74) is 2.82. The predicted octanol–water partition coefficient (Wildman–Crippen LogP) is 2.68. The highest BCUT2D eigenvalue weighted by atomic mass is 14.9. The molecule has 0 radical (unpaired) electrons. The number of hydrogen-bond acceptors (Lipinski definition) is 1. The van der Waals surface area contributed by atoms with Crippen LogP contribution in [-0.4, -0.2) is 12.6 Å². The molecule has 1 nitrogen and oxygen atoms in total. The first-order chi connectivity index (χ1) is 6.84. The SMILES string of the molecule is Cc1cccc(CCNC2CCC2)c1. The summed E-state index contributed by atoms with van der Waals surface area (Å²) < 4.78 is 0. The van der Waals surface area contributed by atoms with Gasteiger partial charge in [0.05, 0.1) is 0 Å². The van der Waals surface area contributed by atoms with Crippen LogP contribution >= 0.6 is 0 Å². The lowest BCUT2D eigenvalue weighted by atomic mass is 9.93. The number of rotatable bonds is 4. The highest BCUT2D eigenvalue weighted by Crippen LogP contribution is 2.17. The van der Waals surface area contributed by atoms with Crippen LogP contribution in [0.25, 0.3) is 0 Å². The molecule has 1 aromatic carbocycles. The maximum Gasteiger partial charge on any atom is 0.00672 e. The fourth-order valence-electron chi connectivity index (χ4n) is 1.90. The van der Waals surface area contributed by atoms with Crippen LogP contribution in [0.2, 0.25) is 0 Å². The second-order valence-electron chi connectivity index (χ2n) is 4.32. The Morgan fingerprint density at radius 1 is 1.36 bits per heavy atom. The molecule has 14 heavy (non-hydrogen) atoms. The van der Waals surface area contributed by atoms with Crippen molar-refractivity contribution in [1.29, 1.82) is 0 Å². The molecule has 0 saturated heterocycles. The van der Waals surface area contributed by atoms with Crippen molar-refractivity contribution < 1.29 is 0 Å². The summed E-state index contributed by atoms with van der Waals surface area (Å²) in [6, 6.07) is 9.62. The largest absolute Gasteiger partial charge is 0.314 e. The van der Waals surface area contributed by atoms with Crippen molar-refractivity contribution >= 4 is 0 Å². The van der Waals surface area contributed by atoms with Gasteiger partial charge in [-0.15, -0.1) is 0 Å². The third kappa shape index (κ3) is 2.58.